The smallest absolute Gasteiger partial charge is 0.270 e. The van der Waals surface area contributed by atoms with Gasteiger partial charge in [0.1, 0.15) is 5.69 Å². The van der Waals surface area contributed by atoms with E-state index in [1.165, 1.54) is 12.8 Å². The molecule has 1 fully saturated rings. The van der Waals surface area contributed by atoms with Gasteiger partial charge in [-0.15, -0.1) is 0 Å². The molecule has 21 heavy (non-hydrogen) atoms. The number of hydrogen-bond acceptors (Lipinski definition) is 2. The fraction of sp³-hybridized carbons (Fsp3) is 0.625. The molecule has 1 aliphatic heterocycles. The fourth-order valence-corrected chi connectivity index (χ4v) is 2.60. The SMILES string of the molecule is CCCCCCNC(=O)c1c[nH]c(C(=O)N2CCCC2)c1. The number of rotatable bonds is 7. The second kappa shape index (κ2) is 7.86. The van der Waals surface area contributed by atoms with Gasteiger partial charge < -0.3 is 15.2 Å². The number of nitrogens with zero attached hydrogens (tertiary/aromatic N) is 1. The van der Waals surface area contributed by atoms with Crippen LogP contribution in [0.5, 0.6) is 0 Å². The molecule has 0 aromatic carbocycles. The number of amides is 2. The lowest BCUT2D eigenvalue weighted by Gasteiger charge is -2.13. The van der Waals surface area contributed by atoms with Crippen LogP contribution in [0, 0.1) is 0 Å². The number of carbonyl (C=O) groups is 2. The Labute approximate surface area is 126 Å². The van der Waals surface area contributed by atoms with E-state index >= 15 is 0 Å². The molecular formula is C16H25N3O2. The Morgan fingerprint density at radius 1 is 1.24 bits per heavy atom. The van der Waals surface area contributed by atoms with Crippen LogP contribution >= 0.6 is 0 Å². The first-order chi connectivity index (χ1) is 10.2. The normalized spacial score (nSPS) is 14.4. The molecule has 2 rings (SSSR count). The standard InChI is InChI=1S/C16H25N3O2/c1-2-3-4-5-8-17-15(20)13-11-14(18-12-13)16(21)19-9-6-7-10-19/h11-12,18H,2-10H2,1H3,(H,17,20). The number of H-pyrrole nitrogens is 1. The van der Waals surface area contributed by atoms with E-state index in [4.69, 9.17) is 0 Å². The van der Waals surface area contributed by atoms with Crippen molar-refractivity contribution >= 4 is 11.8 Å². The molecule has 5 nitrogen and oxygen atoms in total. The maximum atomic E-state index is 12.2. The van der Waals surface area contributed by atoms with E-state index in [-0.39, 0.29) is 11.8 Å². The molecule has 1 aromatic rings. The van der Waals surface area contributed by atoms with Crippen LogP contribution < -0.4 is 5.32 Å². The molecule has 1 saturated heterocycles. The summed E-state index contributed by atoms with van der Waals surface area (Å²) in [7, 11) is 0. The van der Waals surface area contributed by atoms with Gasteiger partial charge in [0.2, 0.25) is 0 Å². The van der Waals surface area contributed by atoms with Crippen LogP contribution in [0.25, 0.3) is 0 Å². The predicted molar refractivity (Wildman–Crippen MR) is 82.4 cm³/mol. The Balaban J connectivity index is 1.81. The molecule has 2 heterocycles. The topological polar surface area (TPSA) is 65.2 Å². The first-order valence-corrected chi connectivity index (χ1v) is 7.98. The number of carbonyl (C=O) groups excluding carboxylic acids is 2. The summed E-state index contributed by atoms with van der Waals surface area (Å²) in [5.41, 5.74) is 1.04. The van der Waals surface area contributed by atoms with Crippen LogP contribution in [0.15, 0.2) is 12.3 Å². The minimum absolute atomic E-state index is 0.00510. The van der Waals surface area contributed by atoms with Gasteiger partial charge in [0, 0.05) is 25.8 Å². The van der Waals surface area contributed by atoms with Crippen LogP contribution in [-0.2, 0) is 0 Å². The van der Waals surface area contributed by atoms with Crippen LogP contribution in [0.4, 0.5) is 0 Å². The number of aromatic nitrogens is 1. The van der Waals surface area contributed by atoms with Crippen molar-refractivity contribution < 1.29 is 9.59 Å². The number of likely N-dealkylation sites (tertiary alicyclic amines) is 1. The Morgan fingerprint density at radius 2 is 2.00 bits per heavy atom. The van der Waals surface area contributed by atoms with Gasteiger partial charge in [0.15, 0.2) is 0 Å². The molecule has 0 radical (unpaired) electrons. The number of unbranched alkanes of at least 4 members (excludes halogenated alkanes) is 3. The molecule has 2 amide bonds. The number of hydrogen-bond donors (Lipinski definition) is 2. The molecule has 0 atom stereocenters. The largest absolute Gasteiger partial charge is 0.356 e. The summed E-state index contributed by atoms with van der Waals surface area (Å²) < 4.78 is 0. The summed E-state index contributed by atoms with van der Waals surface area (Å²) in [4.78, 5) is 28.9. The molecule has 0 saturated carbocycles. The Morgan fingerprint density at radius 3 is 2.71 bits per heavy atom. The zero-order valence-corrected chi connectivity index (χ0v) is 12.8. The average Bonchev–Trinajstić information content (AvgIpc) is 3.17. The highest BCUT2D eigenvalue weighted by atomic mass is 16.2. The van der Waals surface area contributed by atoms with Crippen molar-refractivity contribution in [1.29, 1.82) is 0 Å². The lowest BCUT2D eigenvalue weighted by Crippen LogP contribution is -2.28. The molecule has 0 spiro atoms. The zero-order valence-electron chi connectivity index (χ0n) is 12.8. The molecule has 1 aliphatic rings. The maximum absolute atomic E-state index is 12.2. The van der Waals surface area contributed by atoms with Crippen LogP contribution in [0.1, 0.15) is 66.3 Å². The van der Waals surface area contributed by atoms with Gasteiger partial charge in [-0.05, 0) is 25.3 Å². The van der Waals surface area contributed by atoms with Crippen molar-refractivity contribution in [2.45, 2.75) is 45.4 Å². The summed E-state index contributed by atoms with van der Waals surface area (Å²) in [5, 5.41) is 2.90. The molecule has 0 aliphatic carbocycles. The predicted octanol–water partition coefficient (Wildman–Crippen LogP) is 2.56. The summed E-state index contributed by atoms with van der Waals surface area (Å²) >= 11 is 0. The third kappa shape index (κ3) is 4.34. The highest BCUT2D eigenvalue weighted by Gasteiger charge is 2.21. The highest BCUT2D eigenvalue weighted by Crippen LogP contribution is 2.13. The lowest BCUT2D eigenvalue weighted by molar-refractivity contribution is 0.0787. The molecule has 5 heteroatoms. The zero-order chi connectivity index (χ0) is 15.1. The second-order valence-corrected chi connectivity index (χ2v) is 5.62. The van der Waals surface area contributed by atoms with E-state index in [9.17, 15) is 9.59 Å². The van der Waals surface area contributed by atoms with Gasteiger partial charge in [0.05, 0.1) is 5.56 Å². The molecule has 0 unspecified atom stereocenters. The average molecular weight is 291 g/mol. The lowest BCUT2D eigenvalue weighted by atomic mass is 10.2. The van der Waals surface area contributed by atoms with Crippen molar-refractivity contribution in [1.82, 2.24) is 15.2 Å². The van der Waals surface area contributed by atoms with Crippen LogP contribution in [0.2, 0.25) is 0 Å². The molecule has 2 N–H and O–H groups in total. The van der Waals surface area contributed by atoms with Gasteiger partial charge in [-0.3, -0.25) is 9.59 Å². The van der Waals surface area contributed by atoms with Crippen LogP contribution in [0.3, 0.4) is 0 Å². The fourth-order valence-electron chi connectivity index (χ4n) is 2.60. The summed E-state index contributed by atoms with van der Waals surface area (Å²) in [6.45, 7) is 4.49. The minimum atomic E-state index is -0.108. The quantitative estimate of drug-likeness (QED) is 0.758. The molecule has 0 bridgehead atoms. The van der Waals surface area contributed by atoms with Crippen molar-refractivity contribution in [3.8, 4) is 0 Å². The highest BCUT2D eigenvalue weighted by molar-refractivity contribution is 5.99. The maximum Gasteiger partial charge on any atom is 0.270 e. The monoisotopic (exact) mass is 291 g/mol. The summed E-state index contributed by atoms with van der Waals surface area (Å²) in [6, 6.07) is 1.65. The Bertz CT molecular complexity index is 476. The van der Waals surface area contributed by atoms with E-state index < -0.39 is 0 Å². The third-order valence-corrected chi connectivity index (χ3v) is 3.88. The Kier molecular flexibility index (Phi) is 5.84. The van der Waals surface area contributed by atoms with Gasteiger partial charge in [-0.2, -0.15) is 0 Å². The molecular weight excluding hydrogens is 266 g/mol. The van der Waals surface area contributed by atoms with E-state index in [1.54, 1.807) is 12.3 Å². The minimum Gasteiger partial charge on any atom is -0.356 e. The van der Waals surface area contributed by atoms with E-state index in [2.05, 4.69) is 17.2 Å². The number of aromatic amines is 1. The van der Waals surface area contributed by atoms with E-state index in [1.807, 2.05) is 4.90 Å². The Hall–Kier alpha value is -1.78. The summed E-state index contributed by atoms with van der Waals surface area (Å²) in [6.07, 6.45) is 8.29. The van der Waals surface area contributed by atoms with Crippen LogP contribution in [-0.4, -0.2) is 41.3 Å². The van der Waals surface area contributed by atoms with Gasteiger partial charge in [-0.1, -0.05) is 26.2 Å². The van der Waals surface area contributed by atoms with Gasteiger partial charge >= 0.3 is 0 Å². The van der Waals surface area contributed by atoms with E-state index in [0.29, 0.717) is 17.8 Å². The molecule has 1 aromatic heterocycles. The first-order valence-electron chi connectivity index (χ1n) is 7.98. The number of nitrogens with one attached hydrogen (secondary N) is 2. The van der Waals surface area contributed by atoms with Crippen molar-refractivity contribution in [2.24, 2.45) is 0 Å². The van der Waals surface area contributed by atoms with Gasteiger partial charge in [0.25, 0.3) is 11.8 Å². The van der Waals surface area contributed by atoms with Crippen molar-refractivity contribution in [2.75, 3.05) is 19.6 Å². The summed E-state index contributed by atoms with van der Waals surface area (Å²) in [5.74, 6) is -0.113. The molecule has 116 valence electrons. The second-order valence-electron chi connectivity index (χ2n) is 5.62. The van der Waals surface area contributed by atoms with Gasteiger partial charge in [-0.25, -0.2) is 0 Å². The van der Waals surface area contributed by atoms with Crippen molar-refractivity contribution in [3.05, 3.63) is 23.5 Å². The van der Waals surface area contributed by atoms with Crippen molar-refractivity contribution in [3.63, 3.8) is 0 Å². The third-order valence-electron chi connectivity index (χ3n) is 3.88. The first kappa shape index (κ1) is 15.6. The van der Waals surface area contributed by atoms with E-state index in [0.717, 1.165) is 38.8 Å².